The van der Waals surface area contributed by atoms with Crippen molar-refractivity contribution in [1.29, 1.82) is 0 Å². The normalized spacial score (nSPS) is 10.4. The molecule has 6 nitrogen and oxygen atoms in total. The van der Waals surface area contributed by atoms with Gasteiger partial charge in [-0.1, -0.05) is 22.7 Å². The molecule has 0 saturated heterocycles. The average Bonchev–Trinajstić information content (AvgIpc) is 3.15. The van der Waals surface area contributed by atoms with Crippen LogP contribution in [0.4, 0.5) is 10.3 Å². The molecule has 4 heterocycles. The molecule has 0 aliphatic carbocycles. The Kier molecular flexibility index (Phi) is 6.01. The van der Waals surface area contributed by atoms with Crippen LogP contribution in [0.2, 0.25) is 0 Å². The number of thiazole rings is 2. The SMILES string of the molecule is Cc1cc(-c2sc(N)nc2C)cc(C)n1.Cc1nc(N)sc1-c1ccncc1. The average molecular weight is 411 g/mol. The number of hydrogen-bond acceptors (Lipinski definition) is 8. The van der Waals surface area contributed by atoms with Crippen LogP contribution < -0.4 is 11.5 Å². The Labute approximate surface area is 172 Å². The number of aryl methyl sites for hydroxylation is 4. The predicted molar refractivity (Wildman–Crippen MR) is 118 cm³/mol. The van der Waals surface area contributed by atoms with Gasteiger partial charge in [-0.05, 0) is 63.1 Å². The second-order valence-electron chi connectivity index (χ2n) is 6.31. The Morgan fingerprint density at radius 2 is 1.14 bits per heavy atom. The molecule has 4 rings (SSSR count). The number of rotatable bonds is 2. The lowest BCUT2D eigenvalue weighted by Crippen LogP contribution is -1.87. The van der Waals surface area contributed by atoms with Crippen LogP contribution >= 0.6 is 22.7 Å². The summed E-state index contributed by atoms with van der Waals surface area (Å²) in [5.41, 5.74) is 17.6. The van der Waals surface area contributed by atoms with Gasteiger partial charge in [0.2, 0.25) is 0 Å². The Balaban J connectivity index is 0.000000162. The fourth-order valence-electron chi connectivity index (χ4n) is 2.84. The van der Waals surface area contributed by atoms with Crippen molar-refractivity contribution in [2.24, 2.45) is 0 Å². The number of hydrogen-bond donors (Lipinski definition) is 2. The first-order valence-corrected chi connectivity index (χ1v) is 10.3. The van der Waals surface area contributed by atoms with Gasteiger partial charge in [-0.2, -0.15) is 0 Å². The Morgan fingerprint density at radius 3 is 1.57 bits per heavy atom. The quantitative estimate of drug-likeness (QED) is 0.491. The van der Waals surface area contributed by atoms with Gasteiger partial charge in [0, 0.05) is 23.8 Å². The fourth-order valence-corrected chi connectivity index (χ4v) is 4.50. The van der Waals surface area contributed by atoms with Gasteiger partial charge in [-0.3, -0.25) is 9.97 Å². The number of nitrogens with zero attached hydrogens (tertiary/aromatic N) is 4. The highest BCUT2D eigenvalue weighted by Gasteiger charge is 2.09. The van der Waals surface area contributed by atoms with Crippen molar-refractivity contribution in [3.8, 4) is 20.9 Å². The third-order valence-corrected chi connectivity index (χ3v) is 5.98. The third kappa shape index (κ3) is 4.71. The maximum absolute atomic E-state index is 5.68. The van der Waals surface area contributed by atoms with Crippen molar-refractivity contribution in [3.63, 3.8) is 0 Å². The Hall–Kier alpha value is -2.84. The molecule has 0 atom stereocenters. The molecule has 4 aromatic rings. The van der Waals surface area contributed by atoms with Crippen LogP contribution in [0, 0.1) is 27.7 Å². The zero-order valence-corrected chi connectivity index (χ0v) is 17.9. The largest absolute Gasteiger partial charge is 0.375 e. The van der Waals surface area contributed by atoms with Gasteiger partial charge < -0.3 is 11.5 Å². The van der Waals surface area contributed by atoms with E-state index in [4.69, 9.17) is 11.5 Å². The molecule has 8 heteroatoms. The van der Waals surface area contributed by atoms with E-state index in [0.717, 1.165) is 43.7 Å². The molecule has 4 aromatic heterocycles. The fraction of sp³-hybridized carbons (Fsp3) is 0.200. The minimum atomic E-state index is 0.615. The molecule has 0 saturated carbocycles. The molecule has 0 aromatic carbocycles. The lowest BCUT2D eigenvalue weighted by Gasteiger charge is -2.02. The van der Waals surface area contributed by atoms with Gasteiger partial charge in [0.1, 0.15) is 0 Å². The summed E-state index contributed by atoms with van der Waals surface area (Å²) >= 11 is 3.03. The molecule has 0 spiro atoms. The van der Waals surface area contributed by atoms with E-state index >= 15 is 0 Å². The minimum absolute atomic E-state index is 0.615. The second kappa shape index (κ2) is 8.45. The van der Waals surface area contributed by atoms with E-state index in [1.54, 1.807) is 12.4 Å². The van der Waals surface area contributed by atoms with Gasteiger partial charge in [0.05, 0.1) is 21.1 Å². The zero-order chi connectivity index (χ0) is 20.3. The first-order valence-electron chi connectivity index (χ1n) is 8.65. The number of pyridine rings is 2. The van der Waals surface area contributed by atoms with Crippen molar-refractivity contribution in [3.05, 3.63) is 59.4 Å². The highest BCUT2D eigenvalue weighted by atomic mass is 32.1. The van der Waals surface area contributed by atoms with Crippen molar-refractivity contribution in [2.75, 3.05) is 11.5 Å². The predicted octanol–water partition coefficient (Wildman–Crippen LogP) is 4.81. The molecule has 0 unspecified atom stereocenters. The van der Waals surface area contributed by atoms with Gasteiger partial charge in [-0.15, -0.1) is 0 Å². The van der Waals surface area contributed by atoms with Gasteiger partial charge in [0.25, 0.3) is 0 Å². The number of aromatic nitrogens is 4. The standard InChI is InChI=1S/C11H13N3S.C9H9N3S/c1-6-4-9(5-7(2)13-6)10-8(3)14-11(12)15-10;1-6-8(13-9(10)12-6)7-2-4-11-5-3-7/h4-5H,1-3H3,(H2,12,14);2-5H,1H3,(H2,10,12). The lowest BCUT2D eigenvalue weighted by atomic mass is 10.1. The van der Waals surface area contributed by atoms with Crippen LogP contribution in [0.5, 0.6) is 0 Å². The van der Waals surface area contributed by atoms with Crippen LogP contribution in [0.1, 0.15) is 22.8 Å². The molecule has 0 bridgehead atoms. The summed E-state index contributed by atoms with van der Waals surface area (Å²) in [5, 5.41) is 1.24. The number of nitrogen functional groups attached to an aromatic ring is 2. The molecule has 0 fully saturated rings. The van der Waals surface area contributed by atoms with Gasteiger partial charge in [0.15, 0.2) is 10.3 Å². The summed E-state index contributed by atoms with van der Waals surface area (Å²) in [7, 11) is 0. The second-order valence-corrected chi connectivity index (χ2v) is 8.37. The Morgan fingerprint density at radius 1 is 0.679 bits per heavy atom. The van der Waals surface area contributed by atoms with Crippen LogP contribution in [0.25, 0.3) is 20.9 Å². The molecule has 0 radical (unpaired) electrons. The first-order chi connectivity index (χ1) is 13.3. The summed E-state index contributed by atoms with van der Waals surface area (Å²) in [4.78, 5) is 19.0. The van der Waals surface area contributed by atoms with E-state index in [1.165, 1.54) is 22.7 Å². The molecule has 4 N–H and O–H groups in total. The molecule has 0 aliphatic heterocycles. The number of anilines is 2. The van der Waals surface area contributed by atoms with Gasteiger partial charge >= 0.3 is 0 Å². The number of nitrogens with two attached hydrogens (primary N) is 2. The molecule has 28 heavy (non-hydrogen) atoms. The highest BCUT2D eigenvalue weighted by Crippen LogP contribution is 2.32. The van der Waals surface area contributed by atoms with Crippen LogP contribution in [-0.2, 0) is 0 Å². The maximum atomic E-state index is 5.68. The summed E-state index contributed by atoms with van der Waals surface area (Å²) in [6.07, 6.45) is 3.54. The minimum Gasteiger partial charge on any atom is -0.375 e. The van der Waals surface area contributed by atoms with Crippen LogP contribution in [-0.4, -0.2) is 19.9 Å². The van der Waals surface area contributed by atoms with Crippen LogP contribution in [0.3, 0.4) is 0 Å². The van der Waals surface area contributed by atoms with Gasteiger partial charge in [-0.25, -0.2) is 9.97 Å². The van der Waals surface area contributed by atoms with Crippen molar-refractivity contribution in [1.82, 2.24) is 19.9 Å². The smallest absolute Gasteiger partial charge is 0.180 e. The maximum Gasteiger partial charge on any atom is 0.180 e. The third-order valence-electron chi connectivity index (χ3n) is 3.91. The van der Waals surface area contributed by atoms with Crippen molar-refractivity contribution in [2.45, 2.75) is 27.7 Å². The summed E-state index contributed by atoms with van der Waals surface area (Å²) in [5.74, 6) is 0. The molecular weight excluding hydrogens is 388 g/mol. The zero-order valence-electron chi connectivity index (χ0n) is 16.2. The lowest BCUT2D eigenvalue weighted by molar-refractivity contribution is 1.12. The van der Waals surface area contributed by atoms with Crippen molar-refractivity contribution < 1.29 is 0 Å². The highest BCUT2D eigenvalue weighted by molar-refractivity contribution is 7.19. The molecule has 0 amide bonds. The monoisotopic (exact) mass is 410 g/mol. The van der Waals surface area contributed by atoms with E-state index in [2.05, 4.69) is 32.1 Å². The summed E-state index contributed by atoms with van der Waals surface area (Å²) in [6.45, 7) is 7.93. The summed E-state index contributed by atoms with van der Waals surface area (Å²) in [6, 6.07) is 8.04. The first kappa shape index (κ1) is 19.9. The van der Waals surface area contributed by atoms with Crippen LogP contribution in [0.15, 0.2) is 36.7 Å². The topological polar surface area (TPSA) is 104 Å². The van der Waals surface area contributed by atoms with E-state index < -0.39 is 0 Å². The summed E-state index contributed by atoms with van der Waals surface area (Å²) < 4.78 is 0. The van der Waals surface area contributed by atoms with E-state index in [0.29, 0.717) is 10.3 Å². The Bertz CT molecular complexity index is 1070. The molecule has 0 aliphatic rings. The van der Waals surface area contributed by atoms with Crippen molar-refractivity contribution >= 4 is 32.9 Å². The molecule has 144 valence electrons. The van der Waals surface area contributed by atoms with E-state index in [1.807, 2.05) is 39.8 Å². The van der Waals surface area contributed by atoms with E-state index in [9.17, 15) is 0 Å². The molecular formula is C20H22N6S2. The van der Waals surface area contributed by atoms with E-state index in [-0.39, 0.29) is 0 Å².